The molecule has 27 heavy (non-hydrogen) atoms. The Hall–Kier alpha value is -1.47. The van der Waals surface area contributed by atoms with Crippen LogP contribution in [0.4, 0.5) is 0 Å². The summed E-state index contributed by atoms with van der Waals surface area (Å²) in [6.45, 7) is 1.59. The molecule has 1 aromatic heterocycles. The van der Waals surface area contributed by atoms with Gasteiger partial charge in [0, 0.05) is 31.5 Å². The highest BCUT2D eigenvalue weighted by atomic mass is 32.2. The van der Waals surface area contributed by atoms with Gasteiger partial charge >= 0.3 is 0 Å². The Bertz CT molecular complexity index is 769. The van der Waals surface area contributed by atoms with Crippen molar-refractivity contribution in [3.05, 3.63) is 47.0 Å². The van der Waals surface area contributed by atoms with Crippen molar-refractivity contribution < 1.29 is 4.79 Å². The Morgan fingerprint density at radius 2 is 1.89 bits per heavy atom. The van der Waals surface area contributed by atoms with E-state index in [0.29, 0.717) is 11.1 Å². The summed E-state index contributed by atoms with van der Waals surface area (Å²) >= 11 is 4.01. The van der Waals surface area contributed by atoms with Gasteiger partial charge in [-0.25, -0.2) is 0 Å². The zero-order valence-electron chi connectivity index (χ0n) is 15.5. The quantitative estimate of drug-likeness (QED) is 0.823. The topological polar surface area (TPSA) is 59.8 Å². The fraction of sp³-hybridized carbons (Fsp3) is 0.550. The number of rotatable bonds is 5. The third-order valence-electron chi connectivity index (χ3n) is 5.09. The van der Waals surface area contributed by atoms with E-state index in [4.69, 9.17) is 0 Å². The largest absolute Gasteiger partial charge is 0.352 e. The van der Waals surface area contributed by atoms with Gasteiger partial charge in [0.1, 0.15) is 11.6 Å². The Labute approximate surface area is 169 Å². The molecular weight excluding hydrogens is 376 g/mol. The molecule has 7 heteroatoms. The van der Waals surface area contributed by atoms with Crippen molar-refractivity contribution in [3.63, 3.8) is 0 Å². The number of fused-ring (bicyclic) bond motifs is 1. The lowest BCUT2D eigenvalue weighted by Gasteiger charge is -2.21. The van der Waals surface area contributed by atoms with Crippen molar-refractivity contribution in [1.82, 2.24) is 20.1 Å². The number of amides is 1. The molecule has 144 valence electrons. The van der Waals surface area contributed by atoms with Crippen LogP contribution >= 0.6 is 23.5 Å². The van der Waals surface area contributed by atoms with Crippen molar-refractivity contribution in [1.29, 1.82) is 0 Å². The smallest absolute Gasteiger partial charge is 0.251 e. The van der Waals surface area contributed by atoms with Gasteiger partial charge in [-0.2, -0.15) is 0 Å². The van der Waals surface area contributed by atoms with Gasteiger partial charge in [-0.3, -0.25) is 4.79 Å². The molecular formula is C20H26N4OS2. The van der Waals surface area contributed by atoms with Crippen LogP contribution in [0.25, 0.3) is 0 Å². The molecule has 2 aromatic rings. The maximum atomic E-state index is 12.4. The zero-order valence-corrected chi connectivity index (χ0v) is 17.2. The van der Waals surface area contributed by atoms with Crippen LogP contribution in [-0.4, -0.2) is 38.7 Å². The van der Waals surface area contributed by atoms with E-state index in [1.165, 1.54) is 42.8 Å². The Kier molecular flexibility index (Phi) is 6.39. The lowest BCUT2D eigenvalue weighted by molar-refractivity contribution is 0.0954. The number of nitrogens with zero attached hydrogens (tertiary/aromatic N) is 3. The molecule has 2 aliphatic rings. The molecule has 0 radical (unpaired) electrons. The lowest BCUT2D eigenvalue weighted by Crippen LogP contribution is -2.26. The minimum atomic E-state index is -0.0129. The summed E-state index contributed by atoms with van der Waals surface area (Å²) in [5, 5.41) is 11.7. The van der Waals surface area contributed by atoms with Crippen LogP contribution in [0.15, 0.2) is 24.3 Å². The molecule has 4 rings (SSSR count). The Balaban J connectivity index is 1.30. The third kappa shape index (κ3) is 4.69. The minimum Gasteiger partial charge on any atom is -0.352 e. The number of hydrogen-bond acceptors (Lipinski definition) is 5. The molecule has 1 aromatic carbocycles. The average molecular weight is 403 g/mol. The van der Waals surface area contributed by atoms with Crippen LogP contribution in [0.1, 0.15) is 57.8 Å². The van der Waals surface area contributed by atoms with Gasteiger partial charge in [0.15, 0.2) is 0 Å². The van der Waals surface area contributed by atoms with Gasteiger partial charge in [0.25, 0.3) is 5.91 Å². The van der Waals surface area contributed by atoms with Gasteiger partial charge in [-0.05, 0) is 48.5 Å². The maximum absolute atomic E-state index is 12.4. The fourth-order valence-corrected chi connectivity index (χ4v) is 6.49. The molecule has 0 bridgehead atoms. The first-order valence-corrected chi connectivity index (χ1v) is 11.9. The lowest BCUT2D eigenvalue weighted by atomic mass is 10.1. The summed E-state index contributed by atoms with van der Waals surface area (Å²) in [6.07, 6.45) is 6.68. The monoisotopic (exact) mass is 402 g/mol. The van der Waals surface area contributed by atoms with Gasteiger partial charge in [-0.1, -0.05) is 18.6 Å². The molecule has 0 aliphatic carbocycles. The Morgan fingerprint density at radius 3 is 2.70 bits per heavy atom. The van der Waals surface area contributed by atoms with E-state index in [9.17, 15) is 4.79 Å². The van der Waals surface area contributed by atoms with E-state index in [2.05, 4.69) is 32.2 Å². The van der Waals surface area contributed by atoms with Crippen LogP contribution in [0.3, 0.4) is 0 Å². The zero-order chi connectivity index (χ0) is 18.5. The van der Waals surface area contributed by atoms with Gasteiger partial charge in [-0.15, -0.1) is 33.7 Å². The van der Waals surface area contributed by atoms with E-state index in [-0.39, 0.29) is 5.91 Å². The van der Waals surface area contributed by atoms with Crippen LogP contribution < -0.4 is 5.32 Å². The minimum absolute atomic E-state index is 0.0129. The predicted octanol–water partition coefficient (Wildman–Crippen LogP) is 3.85. The molecule has 1 saturated heterocycles. The molecule has 1 fully saturated rings. The van der Waals surface area contributed by atoms with Crippen molar-refractivity contribution in [2.24, 2.45) is 0 Å². The first-order valence-electron chi connectivity index (χ1n) is 9.83. The summed E-state index contributed by atoms with van der Waals surface area (Å²) in [4.78, 5) is 12.4. The number of hydrogen-bond donors (Lipinski definition) is 1. The second kappa shape index (κ2) is 9.15. The molecule has 1 N–H and O–H groups in total. The summed E-state index contributed by atoms with van der Waals surface area (Å²) in [7, 11) is 0. The van der Waals surface area contributed by atoms with Crippen LogP contribution in [0.5, 0.6) is 0 Å². The molecule has 0 saturated carbocycles. The normalized spacial score (nSPS) is 17.9. The second-order valence-corrected chi connectivity index (χ2v) is 9.77. The average Bonchev–Trinajstić information content (AvgIpc) is 2.95. The maximum Gasteiger partial charge on any atom is 0.251 e. The first kappa shape index (κ1) is 18.9. The van der Waals surface area contributed by atoms with Crippen LogP contribution in [0.2, 0.25) is 0 Å². The van der Waals surface area contributed by atoms with E-state index < -0.39 is 0 Å². The number of benzene rings is 1. The highest BCUT2D eigenvalue weighted by Gasteiger charge is 2.17. The summed E-state index contributed by atoms with van der Waals surface area (Å²) < 4.78 is 2.76. The van der Waals surface area contributed by atoms with E-state index >= 15 is 0 Å². The number of carbonyl (C=O) groups is 1. The first-order chi connectivity index (χ1) is 13.3. The fourth-order valence-electron chi connectivity index (χ4n) is 3.59. The number of carbonyl (C=O) groups excluding carboxylic acids is 1. The number of aryl methyl sites for hydroxylation is 1. The van der Waals surface area contributed by atoms with Crippen LogP contribution in [-0.2, 0) is 19.4 Å². The SMILES string of the molecule is O=C(NCCc1nnc2n1CCCCC2)c1ccc(C2SCCCS2)cc1. The van der Waals surface area contributed by atoms with Crippen LogP contribution in [0, 0.1) is 0 Å². The van der Waals surface area contributed by atoms with E-state index in [1.54, 1.807) is 0 Å². The van der Waals surface area contributed by atoms with Crippen molar-refractivity contribution in [3.8, 4) is 0 Å². The third-order valence-corrected chi connectivity index (χ3v) is 8.11. The molecule has 0 spiro atoms. The Morgan fingerprint density at radius 1 is 1.07 bits per heavy atom. The standard InChI is InChI=1S/C20H26N4OS2/c25-19(15-6-8-16(9-7-15)20-26-13-4-14-27-20)21-11-10-18-23-22-17-5-2-1-3-12-24(17)18/h6-9,20H,1-5,10-14H2,(H,21,25). The summed E-state index contributed by atoms with van der Waals surface area (Å²) in [6, 6.07) is 8.10. The van der Waals surface area contributed by atoms with E-state index in [1.807, 2.05) is 35.7 Å². The predicted molar refractivity (Wildman–Crippen MR) is 112 cm³/mol. The van der Waals surface area contributed by atoms with Crippen molar-refractivity contribution in [2.75, 3.05) is 18.1 Å². The number of aromatic nitrogens is 3. The van der Waals surface area contributed by atoms with Gasteiger partial charge < -0.3 is 9.88 Å². The molecule has 1 amide bonds. The summed E-state index contributed by atoms with van der Waals surface area (Å²) in [5.74, 6) is 4.54. The molecule has 3 heterocycles. The highest BCUT2D eigenvalue weighted by Crippen LogP contribution is 2.43. The number of nitrogens with one attached hydrogen (secondary N) is 1. The molecule has 0 unspecified atom stereocenters. The molecule has 0 atom stereocenters. The van der Waals surface area contributed by atoms with Gasteiger partial charge in [0.05, 0.1) is 4.58 Å². The van der Waals surface area contributed by atoms with Crippen molar-refractivity contribution >= 4 is 29.4 Å². The summed E-state index contributed by atoms with van der Waals surface area (Å²) in [5.41, 5.74) is 2.04. The number of thioether (sulfide) groups is 2. The van der Waals surface area contributed by atoms with Crippen molar-refractivity contribution in [2.45, 2.75) is 49.7 Å². The van der Waals surface area contributed by atoms with E-state index in [0.717, 1.165) is 36.6 Å². The molecule has 2 aliphatic heterocycles. The molecule has 5 nitrogen and oxygen atoms in total. The highest BCUT2D eigenvalue weighted by molar-refractivity contribution is 8.16. The van der Waals surface area contributed by atoms with Gasteiger partial charge in [0.2, 0.25) is 0 Å². The second-order valence-electron chi connectivity index (χ2n) is 7.05.